The predicted octanol–water partition coefficient (Wildman–Crippen LogP) is 1.95. The van der Waals surface area contributed by atoms with E-state index in [1.807, 2.05) is 0 Å². The Balaban J connectivity index is 1.84. The minimum absolute atomic E-state index is 0.638. The van der Waals surface area contributed by atoms with Crippen molar-refractivity contribution in [2.75, 3.05) is 18.0 Å². The molecule has 2 rings (SSSR count). The smallest absolute Gasteiger partial charge is 0.266 e. The van der Waals surface area contributed by atoms with Gasteiger partial charge in [0.25, 0.3) is 5.95 Å². The Kier molecular flexibility index (Phi) is 4.36. The van der Waals surface area contributed by atoms with Crippen LogP contribution in [0.15, 0.2) is 4.52 Å². The summed E-state index contributed by atoms with van der Waals surface area (Å²) in [6.45, 7) is 6.70. The Morgan fingerprint density at radius 3 is 2.65 bits per heavy atom. The summed E-state index contributed by atoms with van der Waals surface area (Å²) in [7, 11) is 0. The van der Waals surface area contributed by atoms with Crippen molar-refractivity contribution in [1.29, 1.82) is 0 Å². The van der Waals surface area contributed by atoms with Crippen LogP contribution in [0.4, 0.5) is 5.95 Å². The van der Waals surface area contributed by atoms with Gasteiger partial charge in [-0.25, -0.2) is 0 Å². The first-order valence-electron chi connectivity index (χ1n) is 6.64. The fourth-order valence-electron chi connectivity index (χ4n) is 2.31. The highest BCUT2D eigenvalue weighted by Crippen LogP contribution is 2.18. The van der Waals surface area contributed by atoms with E-state index in [1.165, 1.54) is 25.7 Å². The highest BCUT2D eigenvalue weighted by Gasteiger charge is 2.16. The van der Waals surface area contributed by atoms with Gasteiger partial charge >= 0.3 is 0 Å². The Morgan fingerprint density at radius 1 is 1.29 bits per heavy atom. The van der Waals surface area contributed by atoms with Gasteiger partial charge < -0.3 is 14.7 Å². The normalized spacial score (nSPS) is 16.6. The van der Waals surface area contributed by atoms with E-state index < -0.39 is 0 Å². The molecule has 17 heavy (non-hydrogen) atoms. The lowest BCUT2D eigenvalue weighted by atomic mass is 10.2. The van der Waals surface area contributed by atoms with Crippen LogP contribution in [-0.4, -0.2) is 29.3 Å². The zero-order valence-electron chi connectivity index (χ0n) is 10.8. The van der Waals surface area contributed by atoms with Crippen LogP contribution in [0.5, 0.6) is 0 Å². The van der Waals surface area contributed by atoms with Crippen LogP contribution < -0.4 is 10.2 Å². The van der Waals surface area contributed by atoms with E-state index in [0.29, 0.717) is 24.4 Å². The molecule has 5 nitrogen and oxygen atoms in total. The first-order chi connectivity index (χ1) is 8.33. The second kappa shape index (κ2) is 6.00. The number of rotatable bonds is 6. The van der Waals surface area contributed by atoms with Gasteiger partial charge in [0, 0.05) is 19.1 Å². The first-order valence-corrected chi connectivity index (χ1v) is 6.64. The zero-order chi connectivity index (χ0) is 12.1. The molecule has 1 heterocycles. The Morgan fingerprint density at radius 2 is 2.00 bits per heavy atom. The van der Waals surface area contributed by atoms with Gasteiger partial charge in [-0.1, -0.05) is 12.8 Å². The van der Waals surface area contributed by atoms with Gasteiger partial charge in [-0.3, -0.25) is 0 Å². The summed E-state index contributed by atoms with van der Waals surface area (Å²) in [6.07, 6.45) is 5.23. The molecule has 0 aliphatic heterocycles. The van der Waals surface area contributed by atoms with Gasteiger partial charge in [0.05, 0.1) is 6.54 Å². The van der Waals surface area contributed by atoms with Crippen molar-refractivity contribution in [3.05, 3.63) is 5.89 Å². The largest absolute Gasteiger partial charge is 0.339 e. The van der Waals surface area contributed by atoms with Crippen LogP contribution in [0, 0.1) is 0 Å². The number of anilines is 1. The quantitative estimate of drug-likeness (QED) is 0.821. The lowest BCUT2D eigenvalue weighted by molar-refractivity contribution is 0.356. The average molecular weight is 238 g/mol. The first kappa shape index (κ1) is 12.4. The van der Waals surface area contributed by atoms with E-state index in [1.54, 1.807) is 0 Å². The molecule has 1 aliphatic carbocycles. The number of nitrogens with one attached hydrogen (secondary N) is 1. The fourth-order valence-corrected chi connectivity index (χ4v) is 2.31. The van der Waals surface area contributed by atoms with Crippen molar-refractivity contribution in [3.63, 3.8) is 0 Å². The molecule has 1 aromatic rings. The minimum atomic E-state index is 0.638. The van der Waals surface area contributed by atoms with Crippen LogP contribution >= 0.6 is 0 Å². The number of hydrogen-bond acceptors (Lipinski definition) is 5. The number of nitrogens with zero attached hydrogens (tertiary/aromatic N) is 3. The molecule has 0 spiro atoms. The van der Waals surface area contributed by atoms with Crippen molar-refractivity contribution < 1.29 is 4.52 Å². The molecule has 1 aromatic heterocycles. The average Bonchev–Trinajstić information content (AvgIpc) is 2.99. The van der Waals surface area contributed by atoms with Crippen LogP contribution in [0.3, 0.4) is 0 Å². The third kappa shape index (κ3) is 3.19. The summed E-state index contributed by atoms with van der Waals surface area (Å²) >= 11 is 0. The zero-order valence-corrected chi connectivity index (χ0v) is 10.8. The molecule has 0 bridgehead atoms. The van der Waals surface area contributed by atoms with Crippen molar-refractivity contribution in [1.82, 2.24) is 15.5 Å². The molecule has 1 saturated carbocycles. The third-order valence-corrected chi connectivity index (χ3v) is 3.40. The number of hydrogen-bond donors (Lipinski definition) is 1. The second-order valence-electron chi connectivity index (χ2n) is 4.52. The molecule has 0 radical (unpaired) electrons. The van der Waals surface area contributed by atoms with Crippen LogP contribution in [0.1, 0.15) is 45.4 Å². The second-order valence-corrected chi connectivity index (χ2v) is 4.52. The minimum Gasteiger partial charge on any atom is -0.339 e. The summed E-state index contributed by atoms with van der Waals surface area (Å²) in [6, 6.07) is 0.638. The van der Waals surface area contributed by atoms with E-state index in [0.717, 1.165) is 13.1 Å². The fraction of sp³-hybridized carbons (Fsp3) is 0.833. The summed E-state index contributed by atoms with van der Waals surface area (Å²) in [5, 5.41) is 7.47. The van der Waals surface area contributed by atoms with Crippen LogP contribution in [0.25, 0.3) is 0 Å². The standard InChI is InChI=1S/C12H22N4O/c1-3-16(4-2)12-14-11(17-15-12)9-13-10-7-5-6-8-10/h10,13H,3-9H2,1-2H3. The van der Waals surface area contributed by atoms with E-state index in [2.05, 4.69) is 34.2 Å². The lowest BCUT2D eigenvalue weighted by Gasteiger charge is -2.14. The summed E-state index contributed by atoms with van der Waals surface area (Å²) in [5.41, 5.74) is 0. The molecule has 5 heteroatoms. The van der Waals surface area contributed by atoms with E-state index in [-0.39, 0.29) is 0 Å². The van der Waals surface area contributed by atoms with Crippen LogP contribution in [0.2, 0.25) is 0 Å². The Labute approximate surface area is 103 Å². The lowest BCUT2D eigenvalue weighted by Crippen LogP contribution is -2.26. The number of aromatic nitrogens is 2. The van der Waals surface area contributed by atoms with Gasteiger partial charge in [0.15, 0.2) is 0 Å². The molecule has 0 aromatic carbocycles. The molecule has 1 aliphatic rings. The van der Waals surface area contributed by atoms with Gasteiger partial charge in [-0.05, 0) is 31.8 Å². The van der Waals surface area contributed by atoms with E-state index >= 15 is 0 Å². The van der Waals surface area contributed by atoms with Crippen molar-refractivity contribution in [3.8, 4) is 0 Å². The van der Waals surface area contributed by atoms with Crippen LogP contribution in [-0.2, 0) is 6.54 Å². The van der Waals surface area contributed by atoms with Gasteiger partial charge in [0.2, 0.25) is 5.89 Å². The topological polar surface area (TPSA) is 54.2 Å². The van der Waals surface area contributed by atoms with Gasteiger partial charge in [-0.15, -0.1) is 0 Å². The summed E-state index contributed by atoms with van der Waals surface area (Å²) in [4.78, 5) is 6.48. The summed E-state index contributed by atoms with van der Waals surface area (Å²) < 4.78 is 5.24. The molecular weight excluding hydrogens is 216 g/mol. The maximum Gasteiger partial charge on any atom is 0.266 e. The van der Waals surface area contributed by atoms with Crippen molar-refractivity contribution in [2.24, 2.45) is 0 Å². The van der Waals surface area contributed by atoms with Crippen molar-refractivity contribution in [2.45, 2.75) is 52.1 Å². The summed E-state index contributed by atoms with van der Waals surface area (Å²) in [5.74, 6) is 1.40. The molecule has 96 valence electrons. The maximum absolute atomic E-state index is 5.24. The van der Waals surface area contributed by atoms with E-state index in [9.17, 15) is 0 Å². The molecule has 1 N–H and O–H groups in total. The molecule has 0 unspecified atom stereocenters. The molecule has 0 amide bonds. The van der Waals surface area contributed by atoms with Gasteiger partial charge in [-0.2, -0.15) is 4.98 Å². The molecule has 1 fully saturated rings. The molecule has 0 saturated heterocycles. The highest BCUT2D eigenvalue weighted by molar-refractivity contribution is 5.26. The Hall–Kier alpha value is -1.10. The maximum atomic E-state index is 5.24. The van der Waals surface area contributed by atoms with Gasteiger partial charge in [0.1, 0.15) is 0 Å². The van der Waals surface area contributed by atoms with Crippen molar-refractivity contribution >= 4 is 5.95 Å². The monoisotopic (exact) mass is 238 g/mol. The molecular formula is C12H22N4O. The Bertz CT molecular complexity index is 329. The predicted molar refractivity (Wildman–Crippen MR) is 67.0 cm³/mol. The third-order valence-electron chi connectivity index (χ3n) is 3.40. The molecule has 0 atom stereocenters. The highest BCUT2D eigenvalue weighted by atomic mass is 16.5. The van der Waals surface area contributed by atoms with E-state index in [4.69, 9.17) is 4.52 Å². The SMILES string of the molecule is CCN(CC)c1noc(CNC2CCCC2)n1.